The molecule has 3 heterocycles. The van der Waals surface area contributed by atoms with Crippen LogP contribution in [0, 0.1) is 0 Å². The zero-order valence-corrected chi connectivity index (χ0v) is 25.3. The number of nitrogens with zero attached hydrogens (tertiary/aromatic N) is 4. The molecular formula is C35H33F2N5O4. The van der Waals surface area contributed by atoms with Crippen LogP contribution in [0.4, 0.5) is 20.2 Å². The summed E-state index contributed by atoms with van der Waals surface area (Å²) >= 11 is 0. The van der Waals surface area contributed by atoms with Crippen LogP contribution in [-0.2, 0) is 16.0 Å². The standard InChI is InChI=1S/C35H33F2N5O4/c1-2-31-38-16-18-41(31)30-10-6-4-8-27(30)33(44)39-25-13-11-24(12-14-25)34(45)42-17-15-35(36,37)28(26-7-3-5-9-29(26)42)23-32(43)40-19-21-46-22-20-40/h3-14,16,18,23H,2,15,17,19-22H2,1H3,(H,39,44)/b28-23-. The Morgan fingerprint density at radius 3 is 2.37 bits per heavy atom. The Balaban J connectivity index is 1.23. The number of alkyl halides is 2. The number of halogens is 2. The summed E-state index contributed by atoms with van der Waals surface area (Å²) in [6.07, 6.45) is 4.54. The summed E-state index contributed by atoms with van der Waals surface area (Å²) in [6.45, 7) is 3.09. The van der Waals surface area contributed by atoms with E-state index in [1.54, 1.807) is 60.8 Å². The zero-order chi connectivity index (χ0) is 32.3. The minimum Gasteiger partial charge on any atom is -0.378 e. The van der Waals surface area contributed by atoms with Crippen molar-refractivity contribution in [2.45, 2.75) is 25.7 Å². The number of aromatic nitrogens is 2. The third kappa shape index (κ3) is 6.18. The number of ether oxygens (including phenoxy) is 1. The minimum absolute atomic E-state index is 0.131. The summed E-state index contributed by atoms with van der Waals surface area (Å²) in [4.78, 5) is 47.2. The number of nitrogens with one attached hydrogen (secondary N) is 1. The fourth-order valence-corrected chi connectivity index (χ4v) is 5.78. The van der Waals surface area contributed by atoms with Crippen LogP contribution in [0.2, 0.25) is 0 Å². The molecule has 3 amide bonds. The molecule has 2 aliphatic heterocycles. The number of carbonyl (C=O) groups is 3. The highest BCUT2D eigenvalue weighted by atomic mass is 19.3. The molecule has 9 nitrogen and oxygen atoms in total. The molecule has 236 valence electrons. The second-order valence-corrected chi connectivity index (χ2v) is 11.0. The normalized spacial score (nSPS) is 16.9. The van der Waals surface area contributed by atoms with E-state index in [9.17, 15) is 14.4 Å². The molecule has 3 aromatic carbocycles. The third-order valence-electron chi connectivity index (χ3n) is 8.20. The molecule has 0 spiro atoms. The van der Waals surface area contributed by atoms with E-state index in [1.165, 1.54) is 15.9 Å². The van der Waals surface area contributed by atoms with Crippen molar-refractivity contribution in [3.8, 4) is 5.69 Å². The molecular weight excluding hydrogens is 592 g/mol. The summed E-state index contributed by atoms with van der Waals surface area (Å²) < 4.78 is 38.4. The Hall–Kier alpha value is -5.16. The van der Waals surface area contributed by atoms with Gasteiger partial charge in [0.1, 0.15) is 5.82 Å². The van der Waals surface area contributed by atoms with E-state index in [2.05, 4.69) is 10.3 Å². The number of allylic oxidation sites excluding steroid dienone is 1. The molecule has 0 atom stereocenters. The number of benzene rings is 3. The van der Waals surface area contributed by atoms with Gasteiger partial charge in [0.15, 0.2) is 0 Å². The topological polar surface area (TPSA) is 96.8 Å². The smallest absolute Gasteiger partial charge is 0.275 e. The number of amides is 3. The van der Waals surface area contributed by atoms with Crippen molar-refractivity contribution in [2.24, 2.45) is 0 Å². The van der Waals surface area contributed by atoms with E-state index in [0.717, 1.165) is 11.9 Å². The first-order chi connectivity index (χ1) is 22.3. The van der Waals surface area contributed by atoms with Gasteiger partial charge in [-0.25, -0.2) is 13.8 Å². The second kappa shape index (κ2) is 13.1. The molecule has 1 fully saturated rings. The quantitative estimate of drug-likeness (QED) is 0.281. The van der Waals surface area contributed by atoms with E-state index < -0.39 is 29.7 Å². The largest absolute Gasteiger partial charge is 0.378 e. The van der Waals surface area contributed by atoms with E-state index >= 15 is 8.78 Å². The number of imidazole rings is 1. The summed E-state index contributed by atoms with van der Waals surface area (Å²) in [5.41, 5.74) is 1.89. The molecule has 46 heavy (non-hydrogen) atoms. The zero-order valence-electron chi connectivity index (χ0n) is 25.3. The molecule has 0 saturated carbocycles. The van der Waals surface area contributed by atoms with Crippen LogP contribution >= 0.6 is 0 Å². The predicted molar refractivity (Wildman–Crippen MR) is 170 cm³/mol. The van der Waals surface area contributed by atoms with Crippen molar-refractivity contribution < 1.29 is 27.9 Å². The first-order valence-electron chi connectivity index (χ1n) is 15.2. The Bertz CT molecular complexity index is 1790. The molecule has 0 unspecified atom stereocenters. The van der Waals surface area contributed by atoms with E-state index in [0.29, 0.717) is 55.3 Å². The third-order valence-corrected chi connectivity index (χ3v) is 8.20. The molecule has 4 aromatic rings. The monoisotopic (exact) mass is 625 g/mol. The molecule has 1 aromatic heterocycles. The Morgan fingerprint density at radius 2 is 1.63 bits per heavy atom. The van der Waals surface area contributed by atoms with E-state index in [4.69, 9.17) is 4.74 Å². The maximum atomic E-state index is 15.6. The van der Waals surface area contributed by atoms with Crippen molar-refractivity contribution in [1.29, 1.82) is 0 Å². The van der Waals surface area contributed by atoms with Gasteiger partial charge >= 0.3 is 0 Å². The highest BCUT2D eigenvalue weighted by molar-refractivity contribution is 6.10. The number of fused-ring (bicyclic) bond motifs is 1. The van der Waals surface area contributed by atoms with Crippen LogP contribution in [-0.4, -0.2) is 70.9 Å². The number of carbonyl (C=O) groups excluding carboxylic acids is 3. The van der Waals surface area contributed by atoms with Gasteiger partial charge in [-0.1, -0.05) is 37.3 Å². The van der Waals surface area contributed by atoms with Crippen molar-refractivity contribution in [3.05, 3.63) is 114 Å². The lowest BCUT2D eigenvalue weighted by Gasteiger charge is -2.27. The maximum Gasteiger partial charge on any atom is 0.275 e. The first kappa shape index (κ1) is 30.8. The highest BCUT2D eigenvalue weighted by Crippen LogP contribution is 2.43. The minimum atomic E-state index is -3.34. The molecule has 2 aliphatic rings. The van der Waals surface area contributed by atoms with Gasteiger partial charge in [0.25, 0.3) is 17.7 Å². The van der Waals surface area contributed by atoms with Crippen LogP contribution in [0.1, 0.15) is 45.4 Å². The van der Waals surface area contributed by atoms with Crippen molar-refractivity contribution in [3.63, 3.8) is 0 Å². The molecule has 6 rings (SSSR count). The molecule has 0 bridgehead atoms. The van der Waals surface area contributed by atoms with Crippen molar-refractivity contribution in [1.82, 2.24) is 14.5 Å². The number of anilines is 2. The van der Waals surface area contributed by atoms with Crippen LogP contribution in [0.15, 0.2) is 91.3 Å². The average molecular weight is 626 g/mol. The Kier molecular flexibility index (Phi) is 8.76. The van der Waals surface area contributed by atoms with Gasteiger partial charge in [0.2, 0.25) is 5.91 Å². The summed E-state index contributed by atoms with van der Waals surface area (Å²) in [5.74, 6) is -3.84. The van der Waals surface area contributed by atoms with Gasteiger partial charge in [-0.05, 0) is 42.5 Å². The van der Waals surface area contributed by atoms with Crippen molar-refractivity contribution in [2.75, 3.05) is 43.1 Å². The number of para-hydroxylation sites is 2. The van der Waals surface area contributed by atoms with Gasteiger partial charge < -0.3 is 24.4 Å². The van der Waals surface area contributed by atoms with Crippen LogP contribution < -0.4 is 10.2 Å². The molecule has 1 saturated heterocycles. The predicted octanol–water partition coefficient (Wildman–Crippen LogP) is 5.62. The van der Waals surface area contributed by atoms with E-state index in [-0.39, 0.29) is 23.6 Å². The molecule has 0 radical (unpaired) electrons. The van der Waals surface area contributed by atoms with Crippen molar-refractivity contribution >= 4 is 34.7 Å². The number of aryl methyl sites for hydroxylation is 1. The number of hydrogen-bond donors (Lipinski definition) is 1. The number of rotatable bonds is 6. The van der Waals surface area contributed by atoms with Gasteiger partial charge in [-0.3, -0.25) is 14.4 Å². The Morgan fingerprint density at radius 1 is 0.935 bits per heavy atom. The molecule has 1 N–H and O–H groups in total. The van der Waals surface area contributed by atoms with Crippen LogP contribution in [0.25, 0.3) is 11.3 Å². The molecule has 11 heteroatoms. The van der Waals surface area contributed by atoms with Gasteiger partial charge in [-0.2, -0.15) is 0 Å². The maximum absolute atomic E-state index is 15.6. The number of morpholine rings is 1. The van der Waals surface area contributed by atoms with Crippen LogP contribution in [0.3, 0.4) is 0 Å². The van der Waals surface area contributed by atoms with Gasteiger partial charge in [0.05, 0.1) is 30.2 Å². The lowest BCUT2D eigenvalue weighted by molar-refractivity contribution is -0.130. The summed E-state index contributed by atoms with van der Waals surface area (Å²) in [7, 11) is 0. The molecule has 0 aliphatic carbocycles. The first-order valence-corrected chi connectivity index (χ1v) is 15.2. The summed E-state index contributed by atoms with van der Waals surface area (Å²) in [5, 5.41) is 2.88. The van der Waals surface area contributed by atoms with Gasteiger partial charge in [0, 0.05) is 73.3 Å². The van der Waals surface area contributed by atoms with E-state index in [1.807, 2.05) is 29.8 Å². The van der Waals surface area contributed by atoms with Gasteiger partial charge in [-0.15, -0.1) is 0 Å². The number of hydrogen-bond acceptors (Lipinski definition) is 5. The highest BCUT2D eigenvalue weighted by Gasteiger charge is 2.41. The second-order valence-electron chi connectivity index (χ2n) is 11.0. The average Bonchev–Trinajstić information content (AvgIpc) is 3.53. The fourth-order valence-electron chi connectivity index (χ4n) is 5.78. The summed E-state index contributed by atoms with van der Waals surface area (Å²) in [6, 6.07) is 19.9. The lowest BCUT2D eigenvalue weighted by Crippen LogP contribution is -2.40. The lowest BCUT2D eigenvalue weighted by atomic mass is 9.96. The van der Waals surface area contributed by atoms with Crippen LogP contribution in [0.5, 0.6) is 0 Å². The fraction of sp³-hybridized carbons (Fsp3) is 0.257. The SMILES string of the molecule is CCc1nccn1-c1ccccc1C(=O)Nc1ccc(C(=O)N2CCC(F)(F)/C(=C\C(=O)N3CCOCC3)c3ccccc32)cc1. The Labute approximate surface area is 265 Å².